The van der Waals surface area contributed by atoms with Crippen LogP contribution in [0.2, 0.25) is 0 Å². The minimum atomic E-state index is -0.495. The van der Waals surface area contributed by atoms with Gasteiger partial charge < -0.3 is 10.1 Å². The number of aromatic nitrogens is 3. The lowest BCUT2D eigenvalue weighted by Crippen LogP contribution is -2.32. The Morgan fingerprint density at radius 3 is 2.26 bits per heavy atom. The summed E-state index contributed by atoms with van der Waals surface area (Å²) in [7, 11) is 0. The highest BCUT2D eigenvalue weighted by atomic mass is 19.1. The first-order chi connectivity index (χ1) is 15.2. The van der Waals surface area contributed by atoms with Crippen LogP contribution in [0.15, 0.2) is 84.7 Å². The summed E-state index contributed by atoms with van der Waals surface area (Å²) in [6.45, 7) is 0. The number of para-hydroxylation sites is 1. The minimum absolute atomic E-state index is 0.314. The Morgan fingerprint density at radius 1 is 0.839 bits per heavy atom. The zero-order chi connectivity index (χ0) is 20.9. The predicted molar refractivity (Wildman–Crippen MR) is 111 cm³/mol. The molecule has 2 unspecified atom stereocenters. The van der Waals surface area contributed by atoms with E-state index in [4.69, 9.17) is 4.74 Å². The molecule has 7 heteroatoms. The molecule has 31 heavy (non-hydrogen) atoms. The van der Waals surface area contributed by atoms with Crippen molar-refractivity contribution < 1.29 is 13.5 Å². The van der Waals surface area contributed by atoms with Gasteiger partial charge in [-0.25, -0.2) is 13.5 Å². The van der Waals surface area contributed by atoms with Gasteiger partial charge in [0.15, 0.2) is 0 Å². The van der Waals surface area contributed by atoms with Crippen LogP contribution in [-0.2, 0) is 0 Å². The molecule has 5 nitrogen and oxygen atoms in total. The van der Waals surface area contributed by atoms with E-state index in [1.807, 2.05) is 24.3 Å². The second-order valence-electron chi connectivity index (χ2n) is 7.48. The van der Waals surface area contributed by atoms with Gasteiger partial charge >= 0.3 is 0 Å². The van der Waals surface area contributed by atoms with E-state index in [2.05, 4.69) is 15.4 Å². The van der Waals surface area contributed by atoms with Crippen LogP contribution in [0, 0.1) is 11.6 Å². The molecule has 0 aliphatic carbocycles. The van der Waals surface area contributed by atoms with E-state index < -0.39 is 6.10 Å². The number of hydrogen-bond acceptors (Lipinski definition) is 4. The number of ether oxygens (including phenoxy) is 1. The maximum atomic E-state index is 13.7. The van der Waals surface area contributed by atoms with Crippen molar-refractivity contribution in [1.82, 2.24) is 14.8 Å². The predicted octanol–water partition coefficient (Wildman–Crippen LogP) is 5.12. The lowest BCUT2D eigenvalue weighted by atomic mass is 9.84. The Balaban J connectivity index is 1.62. The molecular formula is C24H16F2N4O. The van der Waals surface area contributed by atoms with Gasteiger partial charge in [-0.15, -0.1) is 0 Å². The fourth-order valence-corrected chi connectivity index (χ4v) is 4.30. The van der Waals surface area contributed by atoms with Crippen LogP contribution in [0.5, 0.6) is 5.75 Å². The third-order valence-corrected chi connectivity index (χ3v) is 5.68. The summed E-state index contributed by atoms with van der Waals surface area (Å²) < 4.78 is 35.5. The summed E-state index contributed by atoms with van der Waals surface area (Å²) in [6.07, 6.45) is 0.988. The summed E-state index contributed by atoms with van der Waals surface area (Å²) in [4.78, 5) is 4.37. The second-order valence-corrected chi connectivity index (χ2v) is 7.48. The van der Waals surface area contributed by atoms with Gasteiger partial charge in [-0.2, -0.15) is 10.1 Å². The number of halogens is 2. The number of nitrogens with one attached hydrogen (secondary N) is 1. The third kappa shape index (κ3) is 2.81. The van der Waals surface area contributed by atoms with Crippen molar-refractivity contribution in [3.63, 3.8) is 0 Å². The highest BCUT2D eigenvalue weighted by Crippen LogP contribution is 2.50. The lowest BCUT2D eigenvalue weighted by molar-refractivity contribution is 0.223. The monoisotopic (exact) mass is 414 g/mol. The maximum Gasteiger partial charge on any atom is 0.226 e. The van der Waals surface area contributed by atoms with Crippen molar-refractivity contribution in [1.29, 1.82) is 0 Å². The van der Waals surface area contributed by atoms with E-state index in [1.165, 1.54) is 30.6 Å². The molecule has 0 amide bonds. The molecule has 2 atom stereocenters. The van der Waals surface area contributed by atoms with Gasteiger partial charge in [0, 0.05) is 11.1 Å². The van der Waals surface area contributed by atoms with Crippen molar-refractivity contribution in [2.75, 3.05) is 5.32 Å². The summed E-state index contributed by atoms with van der Waals surface area (Å²) in [5.74, 6) is 0.673. The van der Waals surface area contributed by atoms with Crippen LogP contribution in [-0.4, -0.2) is 14.8 Å². The average Bonchev–Trinajstić information content (AvgIpc) is 3.27. The Kier molecular flexibility index (Phi) is 3.89. The Morgan fingerprint density at radius 2 is 1.52 bits per heavy atom. The normalized spacial score (nSPS) is 19.0. The van der Waals surface area contributed by atoms with Gasteiger partial charge in [-0.3, -0.25) is 0 Å². The molecular weight excluding hydrogens is 398 g/mol. The van der Waals surface area contributed by atoms with Gasteiger partial charge in [0.05, 0.1) is 5.70 Å². The summed E-state index contributed by atoms with van der Waals surface area (Å²) in [6, 6.07) is 20.0. The first kappa shape index (κ1) is 17.8. The molecule has 6 rings (SSSR count). The fourth-order valence-electron chi connectivity index (χ4n) is 4.30. The summed E-state index contributed by atoms with van der Waals surface area (Å²) in [5.41, 5.74) is 4.32. The highest BCUT2D eigenvalue weighted by Gasteiger charge is 2.40. The van der Waals surface area contributed by atoms with Gasteiger partial charge in [0.1, 0.15) is 35.9 Å². The molecule has 3 aromatic carbocycles. The van der Waals surface area contributed by atoms with Crippen molar-refractivity contribution >= 4 is 11.6 Å². The number of fused-ring (bicyclic) bond motifs is 3. The van der Waals surface area contributed by atoms with E-state index in [0.717, 1.165) is 28.0 Å². The van der Waals surface area contributed by atoms with Gasteiger partial charge in [-0.05, 0) is 47.5 Å². The minimum Gasteiger partial charge on any atom is -0.480 e. The van der Waals surface area contributed by atoms with Crippen molar-refractivity contribution in [3.8, 4) is 5.75 Å². The molecule has 0 fully saturated rings. The smallest absolute Gasteiger partial charge is 0.226 e. The van der Waals surface area contributed by atoms with E-state index >= 15 is 0 Å². The van der Waals surface area contributed by atoms with Crippen LogP contribution < -0.4 is 10.1 Å². The van der Waals surface area contributed by atoms with Crippen molar-refractivity contribution in [2.24, 2.45) is 0 Å². The Labute approximate surface area is 176 Å². The molecule has 1 aromatic heterocycles. The molecule has 2 aliphatic rings. The molecule has 1 N–H and O–H groups in total. The molecule has 0 spiro atoms. The number of nitrogens with zero attached hydrogens (tertiary/aromatic N) is 3. The zero-order valence-corrected chi connectivity index (χ0v) is 16.2. The largest absolute Gasteiger partial charge is 0.480 e. The molecule has 0 saturated carbocycles. The quantitative estimate of drug-likeness (QED) is 0.495. The Hall–Kier alpha value is -4.00. The maximum absolute atomic E-state index is 13.7. The Bertz CT molecular complexity index is 1310. The second kappa shape index (κ2) is 6.77. The van der Waals surface area contributed by atoms with Gasteiger partial charge in [0.25, 0.3) is 0 Å². The van der Waals surface area contributed by atoms with Gasteiger partial charge in [-0.1, -0.05) is 36.4 Å². The highest BCUT2D eigenvalue weighted by molar-refractivity contribution is 5.85. The van der Waals surface area contributed by atoms with Crippen LogP contribution >= 0.6 is 0 Å². The first-order valence-corrected chi connectivity index (χ1v) is 9.86. The number of rotatable bonds is 2. The first-order valence-electron chi connectivity index (χ1n) is 9.86. The number of hydrogen-bond donors (Lipinski definition) is 1. The van der Waals surface area contributed by atoms with E-state index in [0.29, 0.717) is 11.7 Å². The molecule has 0 radical (unpaired) electrons. The zero-order valence-electron chi connectivity index (χ0n) is 16.2. The van der Waals surface area contributed by atoms with Crippen LogP contribution in [0.3, 0.4) is 0 Å². The van der Waals surface area contributed by atoms with Crippen LogP contribution in [0.25, 0.3) is 5.70 Å². The van der Waals surface area contributed by atoms with Crippen LogP contribution in [0.4, 0.5) is 14.7 Å². The third-order valence-electron chi connectivity index (χ3n) is 5.68. The average molecular weight is 414 g/mol. The van der Waals surface area contributed by atoms with E-state index in [1.54, 1.807) is 28.9 Å². The van der Waals surface area contributed by atoms with Gasteiger partial charge in [0.2, 0.25) is 5.95 Å². The van der Waals surface area contributed by atoms with Crippen molar-refractivity contribution in [2.45, 2.75) is 12.1 Å². The topological polar surface area (TPSA) is 52.0 Å². The standard InChI is InChI=1S/C24H16F2N4O/c25-16-9-5-14(6-10-16)22-20-21(29-24-27-13-28-30(22)24)18-3-1-2-4-19(18)31-23(20)15-7-11-17(26)12-8-15/h1-13,22-23H,(H,27,28,29). The SMILES string of the molecule is Fc1ccc(C2Oc3ccccc3C3=C2C(c2ccc(F)cc2)n2ncnc2N3)cc1. The lowest BCUT2D eigenvalue weighted by Gasteiger charge is -2.39. The van der Waals surface area contributed by atoms with E-state index in [-0.39, 0.29) is 17.7 Å². The van der Waals surface area contributed by atoms with E-state index in [9.17, 15) is 8.78 Å². The van der Waals surface area contributed by atoms with Crippen molar-refractivity contribution in [3.05, 3.63) is 113 Å². The van der Waals surface area contributed by atoms with Crippen LogP contribution in [0.1, 0.15) is 28.8 Å². The summed E-state index contributed by atoms with van der Waals surface area (Å²) >= 11 is 0. The molecule has 3 heterocycles. The summed E-state index contributed by atoms with van der Waals surface area (Å²) in [5, 5.41) is 7.82. The number of anilines is 1. The molecule has 2 aliphatic heterocycles. The molecule has 0 saturated heterocycles. The molecule has 152 valence electrons. The fraction of sp³-hybridized carbons (Fsp3) is 0.0833. The number of benzene rings is 3. The molecule has 4 aromatic rings. The molecule has 0 bridgehead atoms.